The van der Waals surface area contributed by atoms with E-state index in [0.29, 0.717) is 6.61 Å². The van der Waals surface area contributed by atoms with Crippen LogP contribution in [-0.2, 0) is 0 Å². The van der Waals surface area contributed by atoms with E-state index < -0.39 is 0 Å². The standard InChI is InChI=1S/C6H14O.C6H12O/c2*1-2-3-4-5-6-7/h7H,2-6H2,1H3;3-4,7H,2,5-6H2,1H3/b;4-3-. The van der Waals surface area contributed by atoms with E-state index in [0.717, 1.165) is 19.3 Å². The van der Waals surface area contributed by atoms with E-state index in [1.165, 1.54) is 19.3 Å². The van der Waals surface area contributed by atoms with Gasteiger partial charge in [-0.2, -0.15) is 0 Å². The molecular weight excluding hydrogens is 176 g/mol. The van der Waals surface area contributed by atoms with Gasteiger partial charge in [-0.05, 0) is 19.3 Å². The predicted octanol–water partition coefficient (Wildman–Crippen LogP) is 2.89. The zero-order chi connectivity index (χ0) is 11.1. The second-order valence-electron chi connectivity index (χ2n) is 3.18. The minimum absolute atomic E-state index is 0.274. The summed E-state index contributed by atoms with van der Waals surface area (Å²) >= 11 is 0. The molecule has 0 saturated carbocycles. The highest BCUT2D eigenvalue weighted by molar-refractivity contribution is 4.79. The molecule has 0 aliphatic rings. The molecule has 0 radical (unpaired) electrons. The Hall–Kier alpha value is -0.340. The first-order chi connectivity index (χ1) is 6.83. The lowest BCUT2D eigenvalue weighted by Gasteiger charge is -1.90. The van der Waals surface area contributed by atoms with Crippen molar-refractivity contribution in [2.45, 2.75) is 52.4 Å². The molecule has 0 atom stereocenters. The molecule has 0 amide bonds. The van der Waals surface area contributed by atoms with Gasteiger partial charge in [-0.3, -0.25) is 0 Å². The molecule has 14 heavy (non-hydrogen) atoms. The van der Waals surface area contributed by atoms with Crippen LogP contribution in [0.5, 0.6) is 0 Å². The number of hydrogen-bond acceptors (Lipinski definition) is 2. The van der Waals surface area contributed by atoms with Crippen molar-refractivity contribution in [2.75, 3.05) is 13.2 Å². The molecule has 0 saturated heterocycles. The molecule has 0 aromatic rings. The third-order valence-electron chi connectivity index (χ3n) is 1.71. The fourth-order valence-electron chi connectivity index (χ4n) is 0.898. The summed E-state index contributed by atoms with van der Waals surface area (Å²) in [4.78, 5) is 0. The van der Waals surface area contributed by atoms with E-state index in [2.05, 4.69) is 19.9 Å². The third kappa shape index (κ3) is 22.6. The molecule has 2 N–H and O–H groups in total. The second kappa shape index (κ2) is 18.4. The van der Waals surface area contributed by atoms with E-state index >= 15 is 0 Å². The van der Waals surface area contributed by atoms with E-state index in [-0.39, 0.29) is 6.61 Å². The smallest absolute Gasteiger partial charge is 0.0465 e. The first-order valence-electron chi connectivity index (χ1n) is 5.70. The van der Waals surface area contributed by atoms with Crippen LogP contribution in [0.15, 0.2) is 12.2 Å². The van der Waals surface area contributed by atoms with Crippen LogP contribution in [0.4, 0.5) is 0 Å². The summed E-state index contributed by atoms with van der Waals surface area (Å²) in [5.74, 6) is 0. The molecular formula is C12H26O2. The molecule has 0 aliphatic carbocycles. The maximum absolute atomic E-state index is 8.29. The molecule has 0 spiro atoms. The van der Waals surface area contributed by atoms with Gasteiger partial charge in [-0.15, -0.1) is 0 Å². The van der Waals surface area contributed by atoms with Crippen molar-refractivity contribution in [3.8, 4) is 0 Å². The first kappa shape index (κ1) is 16.1. The lowest BCUT2D eigenvalue weighted by Crippen LogP contribution is -1.80. The van der Waals surface area contributed by atoms with Crippen LogP contribution in [0.1, 0.15) is 52.4 Å². The van der Waals surface area contributed by atoms with Gasteiger partial charge in [0.05, 0.1) is 0 Å². The summed E-state index contributed by atoms with van der Waals surface area (Å²) in [7, 11) is 0. The third-order valence-corrected chi connectivity index (χ3v) is 1.71. The molecule has 0 heterocycles. The van der Waals surface area contributed by atoms with Crippen molar-refractivity contribution in [3.63, 3.8) is 0 Å². The minimum atomic E-state index is 0.274. The van der Waals surface area contributed by atoms with Gasteiger partial charge in [0, 0.05) is 13.2 Å². The van der Waals surface area contributed by atoms with Crippen LogP contribution >= 0.6 is 0 Å². The van der Waals surface area contributed by atoms with Gasteiger partial charge in [-0.1, -0.05) is 45.3 Å². The summed E-state index contributed by atoms with van der Waals surface area (Å²) in [5.41, 5.74) is 0. The van der Waals surface area contributed by atoms with Gasteiger partial charge in [0.25, 0.3) is 0 Å². The molecule has 0 rings (SSSR count). The summed E-state index contributed by atoms with van der Waals surface area (Å²) in [6, 6.07) is 0. The number of aliphatic hydroxyl groups is 2. The summed E-state index contributed by atoms with van der Waals surface area (Å²) in [5, 5.41) is 16.5. The fraction of sp³-hybridized carbons (Fsp3) is 0.833. The van der Waals surface area contributed by atoms with Gasteiger partial charge < -0.3 is 10.2 Å². The van der Waals surface area contributed by atoms with Gasteiger partial charge in [0.1, 0.15) is 0 Å². The van der Waals surface area contributed by atoms with Crippen molar-refractivity contribution >= 4 is 0 Å². The lowest BCUT2D eigenvalue weighted by atomic mass is 10.2. The first-order valence-corrected chi connectivity index (χ1v) is 5.70. The van der Waals surface area contributed by atoms with Crippen molar-refractivity contribution in [1.29, 1.82) is 0 Å². The zero-order valence-electron chi connectivity index (χ0n) is 9.71. The summed E-state index contributed by atoms with van der Waals surface area (Å²) < 4.78 is 0. The quantitative estimate of drug-likeness (QED) is 0.492. The van der Waals surface area contributed by atoms with Crippen LogP contribution < -0.4 is 0 Å². The minimum Gasteiger partial charge on any atom is -0.396 e. The van der Waals surface area contributed by atoms with E-state index in [1.54, 1.807) is 0 Å². The Balaban J connectivity index is 0. The van der Waals surface area contributed by atoms with Gasteiger partial charge >= 0.3 is 0 Å². The predicted molar refractivity (Wildman–Crippen MR) is 62.4 cm³/mol. The average molecular weight is 202 g/mol. The maximum Gasteiger partial charge on any atom is 0.0465 e. The highest BCUT2D eigenvalue weighted by Crippen LogP contribution is 1.96. The number of hydrogen-bond donors (Lipinski definition) is 2. The van der Waals surface area contributed by atoms with E-state index in [9.17, 15) is 0 Å². The molecule has 0 unspecified atom stereocenters. The molecule has 2 nitrogen and oxygen atoms in total. The molecule has 0 bridgehead atoms. The zero-order valence-corrected chi connectivity index (χ0v) is 9.71. The van der Waals surface area contributed by atoms with Crippen LogP contribution in [0.2, 0.25) is 0 Å². The second-order valence-corrected chi connectivity index (χ2v) is 3.18. The van der Waals surface area contributed by atoms with Crippen molar-refractivity contribution < 1.29 is 10.2 Å². The monoisotopic (exact) mass is 202 g/mol. The maximum atomic E-state index is 8.29. The summed E-state index contributed by atoms with van der Waals surface area (Å²) in [6.45, 7) is 4.88. The average Bonchev–Trinajstić information content (AvgIpc) is 2.21. The Morgan fingerprint density at radius 2 is 1.57 bits per heavy atom. The highest BCUT2D eigenvalue weighted by Gasteiger charge is 1.80. The Bertz CT molecular complexity index is 96.5. The molecule has 86 valence electrons. The largest absolute Gasteiger partial charge is 0.396 e. The van der Waals surface area contributed by atoms with Crippen molar-refractivity contribution in [1.82, 2.24) is 0 Å². The van der Waals surface area contributed by atoms with Crippen LogP contribution in [0.25, 0.3) is 0 Å². The summed E-state index contributed by atoms with van der Waals surface area (Å²) in [6.07, 6.45) is 10.6. The molecule has 0 aromatic heterocycles. The van der Waals surface area contributed by atoms with Gasteiger partial charge in [-0.25, -0.2) is 0 Å². The van der Waals surface area contributed by atoms with Crippen LogP contribution in [0, 0.1) is 0 Å². The van der Waals surface area contributed by atoms with Gasteiger partial charge in [0.15, 0.2) is 0 Å². The molecule has 0 aliphatic heterocycles. The molecule has 2 heteroatoms. The number of aliphatic hydroxyl groups excluding tert-OH is 2. The van der Waals surface area contributed by atoms with Crippen molar-refractivity contribution in [3.05, 3.63) is 12.2 Å². The number of rotatable bonds is 7. The highest BCUT2D eigenvalue weighted by atomic mass is 16.3. The molecule has 0 fully saturated rings. The Morgan fingerprint density at radius 3 is 2.00 bits per heavy atom. The SMILES string of the molecule is CC/C=C\CCO.CCCCCCO. The van der Waals surface area contributed by atoms with E-state index in [4.69, 9.17) is 10.2 Å². The topological polar surface area (TPSA) is 40.5 Å². The fourth-order valence-corrected chi connectivity index (χ4v) is 0.898. The van der Waals surface area contributed by atoms with Gasteiger partial charge in [0.2, 0.25) is 0 Å². The van der Waals surface area contributed by atoms with E-state index in [1.807, 2.05) is 6.08 Å². The molecule has 0 aromatic carbocycles. The van der Waals surface area contributed by atoms with Crippen LogP contribution in [0.3, 0.4) is 0 Å². The Kier molecular flexibility index (Phi) is 21.2. The normalized spacial score (nSPS) is 10.0. The number of unbranched alkanes of at least 4 members (excludes halogenated alkanes) is 3. The Labute approximate surface area is 88.7 Å². The van der Waals surface area contributed by atoms with Crippen molar-refractivity contribution in [2.24, 2.45) is 0 Å². The number of allylic oxidation sites excluding steroid dienone is 1. The lowest BCUT2D eigenvalue weighted by molar-refractivity contribution is 0.283. The van der Waals surface area contributed by atoms with Crippen LogP contribution in [-0.4, -0.2) is 23.4 Å². The Morgan fingerprint density at radius 1 is 0.857 bits per heavy atom.